The van der Waals surface area contributed by atoms with Gasteiger partial charge in [-0.1, -0.05) is 19.9 Å². The lowest BCUT2D eigenvalue weighted by atomic mass is 10.1. The minimum absolute atomic E-state index is 0.216. The summed E-state index contributed by atoms with van der Waals surface area (Å²) < 4.78 is 18.2. The summed E-state index contributed by atoms with van der Waals surface area (Å²) in [6, 6.07) is 5.43. The van der Waals surface area contributed by atoms with Gasteiger partial charge in [0.15, 0.2) is 11.5 Å². The first-order chi connectivity index (χ1) is 9.99. The molecule has 0 atom stereocenters. The van der Waals surface area contributed by atoms with Crippen molar-refractivity contribution in [3.63, 3.8) is 0 Å². The predicted molar refractivity (Wildman–Crippen MR) is 81.3 cm³/mol. The number of benzene rings is 1. The molecule has 0 unspecified atom stereocenters. The Bertz CT molecular complexity index is 613. The summed E-state index contributed by atoms with van der Waals surface area (Å²) >= 11 is 0. The zero-order valence-electron chi connectivity index (χ0n) is 13.0. The largest absolute Gasteiger partial charge is 0.493 e. The third-order valence-electron chi connectivity index (χ3n) is 3.19. The van der Waals surface area contributed by atoms with E-state index < -0.39 is 0 Å². The van der Waals surface area contributed by atoms with Crippen LogP contribution in [-0.4, -0.2) is 24.0 Å². The monoisotopic (exact) mass is 291 g/mol. The van der Waals surface area contributed by atoms with E-state index in [-0.39, 0.29) is 5.92 Å². The van der Waals surface area contributed by atoms with Gasteiger partial charge in [0.2, 0.25) is 11.6 Å². The van der Waals surface area contributed by atoms with Gasteiger partial charge in [-0.3, -0.25) is 0 Å². The van der Waals surface area contributed by atoms with E-state index in [9.17, 15) is 0 Å². The molecule has 21 heavy (non-hydrogen) atoms. The highest BCUT2D eigenvalue weighted by atomic mass is 16.5. The Morgan fingerprint density at radius 1 is 1.14 bits per heavy atom. The summed E-state index contributed by atoms with van der Waals surface area (Å²) in [5.74, 6) is 2.31. The third-order valence-corrected chi connectivity index (χ3v) is 3.19. The first-order valence-electron chi connectivity index (χ1n) is 6.70. The first-order valence-corrected chi connectivity index (χ1v) is 6.70. The van der Waals surface area contributed by atoms with Gasteiger partial charge in [0.1, 0.15) is 5.69 Å². The second kappa shape index (κ2) is 5.95. The lowest BCUT2D eigenvalue weighted by Gasteiger charge is -2.14. The topological polar surface area (TPSA) is 71.5 Å². The van der Waals surface area contributed by atoms with Crippen molar-refractivity contribution in [2.24, 2.45) is 7.05 Å². The quantitative estimate of drug-likeness (QED) is 0.917. The van der Waals surface area contributed by atoms with Crippen LogP contribution >= 0.6 is 0 Å². The fraction of sp³-hybridized carbons (Fsp3) is 0.400. The van der Waals surface area contributed by atoms with E-state index >= 15 is 0 Å². The number of ether oxygens (including phenoxy) is 3. The molecular formula is C15H21N3O3. The van der Waals surface area contributed by atoms with Gasteiger partial charge in [-0.05, 0) is 18.1 Å². The Morgan fingerprint density at radius 3 is 2.14 bits per heavy atom. The van der Waals surface area contributed by atoms with Crippen LogP contribution in [0.15, 0.2) is 18.2 Å². The molecule has 0 amide bonds. The summed E-state index contributed by atoms with van der Waals surface area (Å²) in [6.45, 7) is 4.07. The normalized spacial score (nSPS) is 10.8. The molecule has 0 spiro atoms. The molecule has 2 aromatic rings. The number of para-hydroxylation sites is 1. The molecule has 0 saturated carbocycles. The fourth-order valence-electron chi connectivity index (χ4n) is 2.11. The van der Waals surface area contributed by atoms with E-state index in [1.807, 2.05) is 19.9 Å². The van der Waals surface area contributed by atoms with Crippen molar-refractivity contribution in [1.29, 1.82) is 0 Å². The molecule has 2 rings (SSSR count). The highest BCUT2D eigenvalue weighted by Crippen LogP contribution is 2.42. The van der Waals surface area contributed by atoms with Crippen molar-refractivity contribution >= 4 is 5.69 Å². The van der Waals surface area contributed by atoms with E-state index in [0.717, 1.165) is 5.69 Å². The zero-order valence-corrected chi connectivity index (χ0v) is 13.0. The number of nitrogens with zero attached hydrogens (tertiary/aromatic N) is 2. The Kier molecular flexibility index (Phi) is 4.26. The van der Waals surface area contributed by atoms with Gasteiger partial charge in [0.25, 0.3) is 0 Å². The van der Waals surface area contributed by atoms with Gasteiger partial charge in [0, 0.05) is 7.05 Å². The molecule has 6 nitrogen and oxygen atoms in total. The minimum Gasteiger partial charge on any atom is -0.493 e. The molecule has 0 aliphatic rings. The van der Waals surface area contributed by atoms with Crippen LogP contribution in [0.1, 0.15) is 25.5 Å². The van der Waals surface area contributed by atoms with Gasteiger partial charge in [-0.15, -0.1) is 0 Å². The maximum Gasteiger partial charge on any atom is 0.241 e. The maximum absolute atomic E-state index is 6.15. The number of aromatic nitrogens is 2. The summed E-state index contributed by atoms with van der Waals surface area (Å²) in [4.78, 5) is 0. The summed E-state index contributed by atoms with van der Waals surface area (Å²) in [5.41, 5.74) is 7.48. The van der Waals surface area contributed by atoms with Crippen molar-refractivity contribution < 1.29 is 14.2 Å². The van der Waals surface area contributed by atoms with E-state index in [4.69, 9.17) is 19.9 Å². The van der Waals surface area contributed by atoms with Crippen LogP contribution in [0.25, 0.3) is 0 Å². The van der Waals surface area contributed by atoms with Crippen LogP contribution in [0, 0.1) is 0 Å². The SMILES string of the molecule is COc1cccc(OC)c1Oc1c(N)c(C(C)C)nn1C. The molecule has 6 heteroatoms. The zero-order chi connectivity index (χ0) is 15.6. The average Bonchev–Trinajstić information content (AvgIpc) is 2.75. The molecule has 0 bridgehead atoms. The van der Waals surface area contributed by atoms with Crippen LogP contribution in [0.3, 0.4) is 0 Å². The van der Waals surface area contributed by atoms with Crippen molar-refractivity contribution in [3.05, 3.63) is 23.9 Å². The fourth-order valence-corrected chi connectivity index (χ4v) is 2.11. The number of methoxy groups -OCH3 is 2. The molecule has 0 saturated heterocycles. The minimum atomic E-state index is 0.216. The molecule has 0 radical (unpaired) electrons. The van der Waals surface area contributed by atoms with Crippen molar-refractivity contribution in [3.8, 4) is 23.1 Å². The van der Waals surface area contributed by atoms with E-state index in [1.165, 1.54) is 0 Å². The van der Waals surface area contributed by atoms with Crippen LogP contribution in [-0.2, 0) is 7.05 Å². The molecule has 1 aromatic carbocycles. The second-order valence-corrected chi connectivity index (χ2v) is 4.98. The number of hydrogen-bond donors (Lipinski definition) is 1. The van der Waals surface area contributed by atoms with E-state index in [2.05, 4.69) is 5.10 Å². The highest BCUT2D eigenvalue weighted by molar-refractivity contribution is 5.59. The number of nitrogen functional groups attached to an aromatic ring is 1. The van der Waals surface area contributed by atoms with Crippen LogP contribution in [0.2, 0.25) is 0 Å². The van der Waals surface area contributed by atoms with Gasteiger partial charge in [-0.25, -0.2) is 4.68 Å². The lowest BCUT2D eigenvalue weighted by Crippen LogP contribution is -2.00. The maximum atomic E-state index is 6.15. The van der Waals surface area contributed by atoms with Crippen LogP contribution in [0.5, 0.6) is 23.1 Å². The first kappa shape index (κ1) is 15.0. The Hall–Kier alpha value is -2.37. The lowest BCUT2D eigenvalue weighted by molar-refractivity contribution is 0.335. The third kappa shape index (κ3) is 2.74. The molecule has 1 heterocycles. The molecule has 114 valence electrons. The van der Waals surface area contributed by atoms with Crippen molar-refractivity contribution in [2.45, 2.75) is 19.8 Å². The standard InChI is InChI=1S/C15H21N3O3/c1-9(2)13-12(16)15(18(3)17-13)21-14-10(19-4)7-6-8-11(14)20-5/h6-9H,16H2,1-5H3. The summed E-state index contributed by atoms with van der Waals surface area (Å²) in [7, 11) is 4.95. The average molecular weight is 291 g/mol. The van der Waals surface area contributed by atoms with Gasteiger partial charge < -0.3 is 19.9 Å². The van der Waals surface area contributed by atoms with E-state index in [1.54, 1.807) is 38.1 Å². The number of aryl methyl sites for hydroxylation is 1. The highest BCUT2D eigenvalue weighted by Gasteiger charge is 2.21. The Labute approximate surface area is 124 Å². The predicted octanol–water partition coefficient (Wildman–Crippen LogP) is 2.94. The summed E-state index contributed by atoms with van der Waals surface area (Å²) in [5, 5.41) is 4.40. The Morgan fingerprint density at radius 2 is 1.71 bits per heavy atom. The molecular weight excluding hydrogens is 270 g/mol. The molecule has 0 fully saturated rings. The number of rotatable bonds is 5. The molecule has 0 aliphatic heterocycles. The Balaban J connectivity index is 2.48. The summed E-state index contributed by atoms with van der Waals surface area (Å²) in [6.07, 6.45) is 0. The number of hydrogen-bond acceptors (Lipinski definition) is 5. The van der Waals surface area contributed by atoms with Crippen molar-refractivity contribution in [1.82, 2.24) is 9.78 Å². The van der Waals surface area contributed by atoms with Gasteiger partial charge in [0.05, 0.1) is 19.9 Å². The van der Waals surface area contributed by atoms with Gasteiger partial charge in [-0.2, -0.15) is 5.10 Å². The molecule has 0 aliphatic carbocycles. The number of anilines is 1. The van der Waals surface area contributed by atoms with Crippen LogP contribution in [0.4, 0.5) is 5.69 Å². The molecule has 1 aromatic heterocycles. The van der Waals surface area contributed by atoms with Crippen molar-refractivity contribution in [2.75, 3.05) is 20.0 Å². The number of nitrogens with two attached hydrogens (primary N) is 1. The smallest absolute Gasteiger partial charge is 0.241 e. The van der Waals surface area contributed by atoms with Crippen LogP contribution < -0.4 is 19.9 Å². The second-order valence-electron chi connectivity index (χ2n) is 4.98. The molecule has 2 N–H and O–H groups in total. The van der Waals surface area contributed by atoms with E-state index in [0.29, 0.717) is 28.8 Å². The van der Waals surface area contributed by atoms with Gasteiger partial charge >= 0.3 is 0 Å².